The lowest BCUT2D eigenvalue weighted by molar-refractivity contribution is 0.101. The Hall–Kier alpha value is -1.18. The van der Waals surface area contributed by atoms with Crippen LogP contribution in [0.5, 0.6) is 0 Å². The van der Waals surface area contributed by atoms with Crippen molar-refractivity contribution in [2.24, 2.45) is 0 Å². The summed E-state index contributed by atoms with van der Waals surface area (Å²) in [7, 11) is 0. The second-order valence-corrected chi connectivity index (χ2v) is 3.08. The van der Waals surface area contributed by atoms with Gasteiger partial charge in [0.05, 0.1) is 0 Å². The molecule has 0 aliphatic heterocycles. The molecule has 0 fully saturated rings. The molecule has 0 N–H and O–H groups in total. The lowest BCUT2D eigenvalue weighted by atomic mass is 10.1. The van der Waals surface area contributed by atoms with Crippen molar-refractivity contribution in [3.05, 3.63) is 29.6 Å². The Balaban J connectivity index is 2.84. The number of carbonyl (C=O) groups excluding carboxylic acids is 1. The summed E-state index contributed by atoms with van der Waals surface area (Å²) in [5.74, 6) is 0.0305. The van der Waals surface area contributed by atoms with E-state index in [0.29, 0.717) is 5.69 Å². The maximum absolute atomic E-state index is 11.1. The molecule has 2 nitrogen and oxygen atoms in total. The van der Waals surface area contributed by atoms with Gasteiger partial charge < -0.3 is 0 Å². The second-order valence-electron chi connectivity index (χ2n) is 3.08. The van der Waals surface area contributed by atoms with E-state index in [1.807, 2.05) is 0 Å². The Morgan fingerprint density at radius 3 is 3.00 bits per heavy atom. The molecule has 0 saturated heterocycles. The zero-order valence-corrected chi connectivity index (χ0v) is 8.13. The molecule has 1 aromatic heterocycles. The highest BCUT2D eigenvalue weighted by Crippen LogP contribution is 2.09. The van der Waals surface area contributed by atoms with E-state index in [0.717, 1.165) is 24.8 Å². The molecule has 2 heteroatoms. The first-order chi connectivity index (χ1) is 6.25. The first-order valence-electron chi connectivity index (χ1n) is 4.62. The number of rotatable bonds is 4. The third-order valence-corrected chi connectivity index (χ3v) is 1.94. The molecule has 0 unspecified atom stereocenters. The van der Waals surface area contributed by atoms with Crippen LogP contribution >= 0.6 is 0 Å². The van der Waals surface area contributed by atoms with Crippen LogP contribution in [0.25, 0.3) is 0 Å². The van der Waals surface area contributed by atoms with Crippen LogP contribution in [0.3, 0.4) is 0 Å². The van der Waals surface area contributed by atoms with E-state index in [4.69, 9.17) is 0 Å². The maximum atomic E-state index is 11.1. The Morgan fingerprint density at radius 2 is 2.38 bits per heavy atom. The number of hydrogen-bond donors (Lipinski definition) is 0. The van der Waals surface area contributed by atoms with Crippen molar-refractivity contribution < 1.29 is 4.79 Å². The second kappa shape index (κ2) is 4.75. The molecule has 0 saturated carbocycles. The van der Waals surface area contributed by atoms with Gasteiger partial charge in [-0.25, -0.2) is 0 Å². The van der Waals surface area contributed by atoms with Crippen molar-refractivity contribution in [3.63, 3.8) is 0 Å². The number of aromatic nitrogens is 1. The van der Waals surface area contributed by atoms with Gasteiger partial charge in [0.15, 0.2) is 5.78 Å². The van der Waals surface area contributed by atoms with Crippen LogP contribution < -0.4 is 0 Å². The average Bonchev–Trinajstić information content (AvgIpc) is 2.15. The zero-order valence-electron chi connectivity index (χ0n) is 8.13. The predicted molar refractivity (Wildman–Crippen MR) is 51.7 cm³/mol. The van der Waals surface area contributed by atoms with Crippen molar-refractivity contribution in [3.8, 4) is 0 Å². The Morgan fingerprint density at radius 1 is 1.62 bits per heavy atom. The van der Waals surface area contributed by atoms with Crippen molar-refractivity contribution in [1.29, 1.82) is 0 Å². The summed E-state index contributed by atoms with van der Waals surface area (Å²) < 4.78 is 0. The first-order valence-corrected chi connectivity index (χ1v) is 4.62. The number of unbranched alkanes of at least 4 members (excludes halogenated alkanes) is 1. The minimum absolute atomic E-state index is 0.0305. The molecule has 69 valence electrons. The van der Waals surface area contributed by atoms with Gasteiger partial charge in [-0.05, 0) is 30.5 Å². The van der Waals surface area contributed by atoms with E-state index in [-0.39, 0.29) is 5.78 Å². The number of pyridine rings is 1. The molecule has 0 bridgehead atoms. The highest BCUT2D eigenvalue weighted by atomic mass is 16.1. The summed E-state index contributed by atoms with van der Waals surface area (Å²) in [5.41, 5.74) is 1.54. The molecule has 0 aliphatic rings. The molecule has 1 rings (SSSR count). The number of nitrogens with zero attached hydrogens (tertiary/aromatic N) is 1. The summed E-state index contributed by atoms with van der Waals surface area (Å²) >= 11 is 0. The highest BCUT2D eigenvalue weighted by Gasteiger charge is 2.06. The quantitative estimate of drug-likeness (QED) is 0.659. The molecule has 0 aliphatic carbocycles. The number of Topliss-reactive ketones (excluding diaryl/α,β-unsaturated/α-hetero) is 1. The molecular formula is C11H14NO. The maximum Gasteiger partial charge on any atom is 0.178 e. The number of hydrogen-bond acceptors (Lipinski definition) is 2. The lowest BCUT2D eigenvalue weighted by Crippen LogP contribution is -2.02. The standard InChI is InChI=1S/C11H14NO/c1-3-4-6-10-7-5-8-12-11(10)9(2)13/h5,8H,3-4,6H2,1-2H3. The molecule has 13 heavy (non-hydrogen) atoms. The van der Waals surface area contributed by atoms with E-state index in [9.17, 15) is 4.79 Å². The largest absolute Gasteiger partial charge is 0.293 e. The van der Waals surface area contributed by atoms with Crippen molar-refractivity contribution in [1.82, 2.24) is 4.98 Å². The molecule has 0 spiro atoms. The number of carbonyl (C=O) groups is 1. The van der Waals surface area contributed by atoms with E-state index in [1.165, 1.54) is 0 Å². The van der Waals surface area contributed by atoms with Crippen LogP contribution in [0.15, 0.2) is 12.3 Å². The normalized spacial score (nSPS) is 10.0. The van der Waals surface area contributed by atoms with Crippen LogP contribution in [0.4, 0.5) is 0 Å². The molecule has 1 radical (unpaired) electrons. The van der Waals surface area contributed by atoms with Gasteiger partial charge in [-0.2, -0.15) is 0 Å². The average molecular weight is 176 g/mol. The molecular weight excluding hydrogens is 162 g/mol. The monoisotopic (exact) mass is 176 g/mol. The van der Waals surface area contributed by atoms with Gasteiger partial charge >= 0.3 is 0 Å². The third-order valence-electron chi connectivity index (χ3n) is 1.94. The van der Waals surface area contributed by atoms with Gasteiger partial charge in [0.2, 0.25) is 0 Å². The minimum atomic E-state index is 0.0305. The fourth-order valence-electron chi connectivity index (χ4n) is 1.24. The van der Waals surface area contributed by atoms with Crippen LogP contribution in [-0.4, -0.2) is 10.8 Å². The lowest BCUT2D eigenvalue weighted by Gasteiger charge is -2.03. The van der Waals surface area contributed by atoms with Crippen LogP contribution in [-0.2, 0) is 6.42 Å². The first kappa shape index (κ1) is 9.90. The van der Waals surface area contributed by atoms with Gasteiger partial charge in [-0.1, -0.05) is 13.3 Å². The Kier molecular flexibility index (Phi) is 3.62. The SMILES string of the molecule is CCCCc1[c]ccnc1C(C)=O. The Bertz CT molecular complexity index is 294. The van der Waals surface area contributed by atoms with E-state index in [1.54, 1.807) is 19.2 Å². The topological polar surface area (TPSA) is 30.0 Å². The predicted octanol–water partition coefficient (Wildman–Crippen LogP) is 2.43. The number of ketones is 1. The fraction of sp³-hybridized carbons (Fsp3) is 0.455. The van der Waals surface area contributed by atoms with Gasteiger partial charge in [0.1, 0.15) is 5.69 Å². The van der Waals surface area contributed by atoms with Gasteiger partial charge in [0.25, 0.3) is 0 Å². The van der Waals surface area contributed by atoms with Crippen LogP contribution in [0.2, 0.25) is 0 Å². The molecule has 0 amide bonds. The van der Waals surface area contributed by atoms with Crippen molar-refractivity contribution >= 4 is 5.78 Å². The smallest absolute Gasteiger partial charge is 0.178 e. The minimum Gasteiger partial charge on any atom is -0.293 e. The summed E-state index contributed by atoms with van der Waals surface area (Å²) in [4.78, 5) is 15.2. The van der Waals surface area contributed by atoms with E-state index < -0.39 is 0 Å². The summed E-state index contributed by atoms with van der Waals surface area (Å²) in [5, 5.41) is 0. The summed E-state index contributed by atoms with van der Waals surface area (Å²) in [6.07, 6.45) is 4.73. The van der Waals surface area contributed by atoms with Gasteiger partial charge in [0, 0.05) is 13.1 Å². The van der Waals surface area contributed by atoms with E-state index in [2.05, 4.69) is 18.0 Å². The molecule has 0 aromatic carbocycles. The molecule has 1 aromatic rings. The fourth-order valence-corrected chi connectivity index (χ4v) is 1.24. The zero-order chi connectivity index (χ0) is 9.68. The Labute approximate surface area is 79.0 Å². The van der Waals surface area contributed by atoms with Crippen LogP contribution in [0.1, 0.15) is 42.7 Å². The van der Waals surface area contributed by atoms with Gasteiger partial charge in [-0.3, -0.25) is 9.78 Å². The van der Waals surface area contributed by atoms with Crippen molar-refractivity contribution in [2.45, 2.75) is 33.1 Å². The summed E-state index contributed by atoms with van der Waals surface area (Å²) in [6.45, 7) is 3.68. The van der Waals surface area contributed by atoms with Crippen molar-refractivity contribution in [2.75, 3.05) is 0 Å². The highest BCUT2D eigenvalue weighted by molar-refractivity contribution is 5.93. The molecule has 0 atom stereocenters. The number of aryl methyl sites for hydroxylation is 1. The molecule has 1 heterocycles. The van der Waals surface area contributed by atoms with Crippen LogP contribution in [0, 0.1) is 6.07 Å². The van der Waals surface area contributed by atoms with E-state index >= 15 is 0 Å². The third kappa shape index (κ3) is 2.65. The van der Waals surface area contributed by atoms with Gasteiger partial charge in [-0.15, -0.1) is 0 Å². The summed E-state index contributed by atoms with van der Waals surface area (Å²) in [6, 6.07) is 4.83.